The normalized spacial score (nSPS) is 13.0. The molecule has 3 heterocycles. The number of nitrogens with zero attached hydrogens (tertiary/aromatic N) is 1. The Morgan fingerprint density at radius 2 is 0.842 bits per heavy atom. The second-order valence-corrected chi connectivity index (χ2v) is 20.4. The van der Waals surface area contributed by atoms with Gasteiger partial charge in [-0.15, -0.1) is 6.42 Å². The van der Waals surface area contributed by atoms with Crippen molar-refractivity contribution in [1.82, 2.24) is 4.90 Å². The largest absolute Gasteiger partial charge is 0.472 e. The molecule has 1 aliphatic rings. The van der Waals surface area contributed by atoms with E-state index in [0.717, 1.165) is 43.8 Å². The number of cyclic esters (lactones) is 1. The Morgan fingerprint density at radius 1 is 0.505 bits per heavy atom. The van der Waals surface area contributed by atoms with E-state index in [9.17, 15) is 29.7 Å². The van der Waals surface area contributed by atoms with Gasteiger partial charge in [-0.1, -0.05) is 145 Å². The van der Waals surface area contributed by atoms with E-state index in [2.05, 4.69) is 160 Å². The van der Waals surface area contributed by atoms with E-state index in [-0.39, 0.29) is 13.2 Å². The van der Waals surface area contributed by atoms with Crippen molar-refractivity contribution in [3.05, 3.63) is 205 Å². The predicted octanol–water partition coefficient (Wildman–Crippen LogP) is 10.7. The van der Waals surface area contributed by atoms with Crippen LogP contribution in [0, 0.1) is 166 Å². The molecule has 7 aromatic rings. The van der Waals surface area contributed by atoms with Crippen molar-refractivity contribution in [2.24, 2.45) is 0 Å². The summed E-state index contributed by atoms with van der Waals surface area (Å²) >= 11 is 0. The average Bonchev–Trinajstić information content (AvgIpc) is 1.82. The third kappa shape index (κ3) is 21.8. The van der Waals surface area contributed by atoms with E-state index in [1.54, 1.807) is 32.9 Å². The molecule has 95 heavy (non-hydrogen) atoms. The molecule has 12 heteroatoms. The van der Waals surface area contributed by atoms with Crippen LogP contribution in [0.25, 0.3) is 22.3 Å². The summed E-state index contributed by atoms with van der Waals surface area (Å²) in [4.78, 5) is 40.7. The molecule has 12 nitrogen and oxygen atoms in total. The number of hydrogen-bond acceptors (Lipinski definition) is 11. The van der Waals surface area contributed by atoms with Crippen molar-refractivity contribution in [2.75, 3.05) is 6.61 Å². The number of Topliss-reactive ketones (excluding diaryl/α,β-unsaturated/α-hetero) is 1. The highest BCUT2D eigenvalue weighted by Gasteiger charge is 2.57. The number of carbonyl (C=O) groups excluding carboxylic acids is 3. The summed E-state index contributed by atoms with van der Waals surface area (Å²) in [5.41, 5.74) is 3.06. The number of ketones is 1. The van der Waals surface area contributed by atoms with Gasteiger partial charge in [0, 0.05) is 70.3 Å². The van der Waals surface area contributed by atoms with E-state index in [1.165, 1.54) is 38.9 Å². The maximum Gasteiger partial charge on any atom is 0.417 e. The molecule has 0 aliphatic carbocycles. The molecule has 8 rings (SSSR count). The van der Waals surface area contributed by atoms with Crippen LogP contribution < -0.4 is 0 Å². The van der Waals surface area contributed by atoms with Crippen molar-refractivity contribution >= 4 is 17.8 Å². The van der Waals surface area contributed by atoms with Crippen LogP contribution in [0.5, 0.6) is 0 Å². The van der Waals surface area contributed by atoms with Crippen LogP contribution >= 0.6 is 0 Å². The predicted molar refractivity (Wildman–Crippen MR) is 362 cm³/mol. The molecule has 0 unspecified atom stereocenters. The van der Waals surface area contributed by atoms with Crippen molar-refractivity contribution in [3.63, 3.8) is 0 Å². The number of imide groups is 1. The number of amides is 2. The van der Waals surface area contributed by atoms with E-state index in [4.69, 9.17) is 29.5 Å². The zero-order valence-corrected chi connectivity index (χ0v) is 52.2. The van der Waals surface area contributed by atoms with Gasteiger partial charge < -0.3 is 38.4 Å². The SMILES string of the molecule is C#CC#CC#CC#CC#CC#CC#CC#CC#CC#CC#CC#CC#CC#CC.CC1(C)OC(=O)N(C(=O)[C@@](C)(OCc2ccc(-c3ccccc3)cc2)[C@@H](O)c2ccoc2)[C@H]1c1ccccc1.C[C@@](OCc1ccc(-c2ccccc2)cc1)(C(=O)CO)[C@@H](O)c1ccoc1. The van der Waals surface area contributed by atoms with Crippen LogP contribution in [0.1, 0.15) is 80.7 Å². The molecule has 0 saturated carbocycles. The van der Waals surface area contributed by atoms with Gasteiger partial charge >= 0.3 is 6.09 Å². The third-order valence-electron chi connectivity index (χ3n) is 13.6. The van der Waals surface area contributed by atoms with Crippen LogP contribution in [0.4, 0.5) is 4.79 Å². The first-order valence-electron chi connectivity index (χ1n) is 28.8. The van der Waals surface area contributed by atoms with Crippen LogP contribution in [0.15, 0.2) is 186 Å². The lowest BCUT2D eigenvalue weighted by atomic mass is 9.88. The highest BCUT2D eigenvalue weighted by Crippen LogP contribution is 2.45. The van der Waals surface area contributed by atoms with Gasteiger partial charge in [-0.05, 0) is 180 Å². The summed E-state index contributed by atoms with van der Waals surface area (Å²) in [5, 5.41) is 31.3. The lowest BCUT2D eigenvalue weighted by Crippen LogP contribution is -2.54. The van der Waals surface area contributed by atoms with Gasteiger partial charge in [-0.25, -0.2) is 9.69 Å². The molecule has 0 radical (unpaired) electrons. The van der Waals surface area contributed by atoms with Crippen molar-refractivity contribution in [2.45, 2.75) is 82.9 Å². The molecule has 3 N–H and O–H groups in total. The number of terminal acetylenes is 1. The molecule has 5 atom stereocenters. The number of carbonyl (C=O) groups is 3. The first-order chi connectivity index (χ1) is 46.2. The second-order valence-electron chi connectivity index (χ2n) is 20.4. The molecule has 2 aromatic heterocycles. The number of hydrogen-bond donors (Lipinski definition) is 3. The molecule has 2 amide bonds. The summed E-state index contributed by atoms with van der Waals surface area (Å²) in [5.74, 6) is 65.6. The Labute approximate surface area is 555 Å². The number of aliphatic hydroxyl groups excluding tert-OH is 3. The average molecular weight is 1240 g/mol. The fourth-order valence-electron chi connectivity index (χ4n) is 8.73. The standard InChI is InChI=1S/C32H31NO6.C29H4.C22H22O5/c1-31(2)27(25-12-8-5-9-13-25)33(30(36)39-31)29(35)32(3,28(34)26-18-19-37-21-26)38-20-22-14-16-24(17-15-22)23-10-6-4-7-11-23;1-3-5-7-9-11-13-15-17-19-21-23-25-27-29-28-26-24-22-20-18-16-14-12-10-8-6-4-2;1-22(20(24)13-23,21(25)19-11-12-26-15-19)27-14-16-7-9-18(10-8-16)17-5-3-2-4-6-17/h4-19,21,27-28,34H,20H2,1-3H3;1H,2H3;2-12,15,21,23,25H,13-14H2,1H3/t27-,28-,32-;;21-,22+/m0.0/s1. The minimum Gasteiger partial charge on any atom is -0.472 e. The van der Waals surface area contributed by atoms with Gasteiger partial charge in [0.15, 0.2) is 17.0 Å². The monoisotopic (exact) mass is 1240 g/mol. The van der Waals surface area contributed by atoms with Crippen molar-refractivity contribution in [3.8, 4) is 189 Å². The summed E-state index contributed by atoms with van der Waals surface area (Å²) in [6.07, 6.45) is 6.98. The Bertz CT molecular complexity index is 4750. The zero-order chi connectivity index (χ0) is 68.0. The van der Waals surface area contributed by atoms with Gasteiger partial charge in [-0.3, -0.25) is 9.59 Å². The van der Waals surface area contributed by atoms with Gasteiger partial charge in [0.1, 0.15) is 30.5 Å². The Morgan fingerprint density at radius 3 is 1.19 bits per heavy atom. The van der Waals surface area contributed by atoms with E-state index >= 15 is 0 Å². The topological polar surface area (TPSA) is 169 Å². The first-order valence-corrected chi connectivity index (χ1v) is 28.8. The number of rotatable bonds is 16. The Hall–Kier alpha value is -13.1. The van der Waals surface area contributed by atoms with E-state index in [1.807, 2.05) is 140 Å². The minimum atomic E-state index is -1.84. The molecule has 0 spiro atoms. The molecule has 5 aromatic carbocycles. The number of benzene rings is 5. The Balaban J connectivity index is 0.000000231. The fraction of sp³-hybridized carbons (Fsp3) is 0.169. The van der Waals surface area contributed by atoms with E-state index < -0.39 is 59.4 Å². The third-order valence-corrected chi connectivity index (χ3v) is 13.6. The highest BCUT2D eigenvalue weighted by atomic mass is 16.6. The number of aliphatic hydroxyl groups is 3. The quantitative estimate of drug-likeness (QED) is 0.0788. The van der Waals surface area contributed by atoms with Gasteiger partial charge in [0.25, 0.3) is 5.91 Å². The molecule has 1 aliphatic heterocycles. The number of ether oxygens (including phenoxy) is 3. The van der Waals surface area contributed by atoms with Crippen LogP contribution in [0.2, 0.25) is 0 Å². The van der Waals surface area contributed by atoms with E-state index in [0.29, 0.717) is 11.1 Å². The summed E-state index contributed by atoms with van der Waals surface area (Å²) < 4.78 is 27.8. The van der Waals surface area contributed by atoms with Crippen molar-refractivity contribution in [1.29, 1.82) is 0 Å². The van der Waals surface area contributed by atoms with Gasteiger partial charge in [-0.2, -0.15) is 0 Å². The minimum absolute atomic E-state index is 0.0223. The van der Waals surface area contributed by atoms with Crippen LogP contribution in [0.3, 0.4) is 0 Å². The van der Waals surface area contributed by atoms with Crippen molar-refractivity contribution < 1.29 is 52.7 Å². The lowest BCUT2D eigenvalue weighted by Gasteiger charge is -2.37. The summed E-state index contributed by atoms with van der Waals surface area (Å²) in [6, 6.07) is 47.2. The first kappa shape index (κ1) is 71.0. The van der Waals surface area contributed by atoms with Crippen LogP contribution in [-0.2, 0) is 37.0 Å². The smallest absolute Gasteiger partial charge is 0.417 e. The maximum atomic E-state index is 14.3. The second kappa shape index (κ2) is 37.8. The fourth-order valence-corrected chi connectivity index (χ4v) is 8.73. The van der Waals surface area contributed by atoms with Gasteiger partial charge in [0.2, 0.25) is 0 Å². The molecule has 460 valence electrons. The Kier molecular flexibility index (Phi) is 28.2. The summed E-state index contributed by atoms with van der Waals surface area (Å²) in [6.45, 7) is 7.59. The molecule has 1 saturated heterocycles. The molecular weight excluding hydrogens is 1190 g/mol. The molecule has 1 fully saturated rings. The molecular formula is C83H57NO11. The molecule has 0 bridgehead atoms. The highest BCUT2D eigenvalue weighted by molar-refractivity contribution is 5.99. The zero-order valence-electron chi connectivity index (χ0n) is 52.2. The van der Waals surface area contributed by atoms with Gasteiger partial charge in [0.05, 0.1) is 38.3 Å². The summed E-state index contributed by atoms with van der Waals surface area (Å²) in [7, 11) is 0. The lowest BCUT2D eigenvalue weighted by molar-refractivity contribution is -0.175. The van der Waals surface area contributed by atoms with Crippen LogP contribution in [-0.4, -0.2) is 61.4 Å². The maximum absolute atomic E-state index is 14.3. The number of furan rings is 2.